The van der Waals surface area contributed by atoms with E-state index in [0.717, 1.165) is 15.6 Å². The fourth-order valence-electron chi connectivity index (χ4n) is 1.24. The van der Waals surface area contributed by atoms with Gasteiger partial charge in [-0.25, -0.2) is 0 Å². The summed E-state index contributed by atoms with van der Waals surface area (Å²) in [6.45, 7) is 0. The van der Waals surface area contributed by atoms with E-state index >= 15 is 0 Å². The first-order valence-electron chi connectivity index (χ1n) is 3.79. The summed E-state index contributed by atoms with van der Waals surface area (Å²) in [7, 11) is 0. The molecule has 0 aliphatic carbocycles. The molecule has 0 radical (unpaired) electrons. The van der Waals surface area contributed by atoms with Crippen molar-refractivity contribution in [3.8, 4) is 0 Å². The number of nitrogens with zero attached hydrogens (tertiary/aromatic N) is 1. The molecule has 2 aromatic rings. The Kier molecular flexibility index (Phi) is 1.98. The summed E-state index contributed by atoms with van der Waals surface area (Å²) in [5.41, 5.74) is 0.870. The first kappa shape index (κ1) is 8.19. The standard InChI is InChI=1S/C9H7NO2S/c11-9(12)3-6-5-13-8-4-10-2-1-7(6)8/h1-2,4-5H,3H2,(H,11,12). The highest BCUT2D eigenvalue weighted by atomic mass is 32.1. The van der Waals surface area contributed by atoms with Crippen molar-refractivity contribution >= 4 is 27.4 Å². The molecule has 2 heterocycles. The number of aliphatic carboxylic acids is 1. The number of thiophene rings is 1. The number of pyridine rings is 1. The maximum Gasteiger partial charge on any atom is 0.307 e. The molecule has 1 N–H and O–H groups in total. The lowest BCUT2D eigenvalue weighted by molar-refractivity contribution is -0.136. The van der Waals surface area contributed by atoms with Gasteiger partial charge >= 0.3 is 5.97 Å². The molecule has 0 aliphatic rings. The molecule has 2 rings (SSSR count). The van der Waals surface area contributed by atoms with Crippen LogP contribution in [-0.4, -0.2) is 16.1 Å². The number of hydrogen-bond acceptors (Lipinski definition) is 3. The lowest BCUT2D eigenvalue weighted by Crippen LogP contribution is -1.98. The van der Waals surface area contributed by atoms with Crippen LogP contribution in [0.3, 0.4) is 0 Å². The molecular weight excluding hydrogens is 186 g/mol. The second kappa shape index (κ2) is 3.14. The van der Waals surface area contributed by atoms with Crippen LogP contribution in [-0.2, 0) is 11.2 Å². The van der Waals surface area contributed by atoms with Crippen LogP contribution >= 0.6 is 11.3 Å². The summed E-state index contributed by atoms with van der Waals surface area (Å²) in [5, 5.41) is 11.5. The molecular formula is C9H7NO2S. The molecule has 66 valence electrons. The Labute approximate surface area is 78.7 Å². The van der Waals surface area contributed by atoms with Crippen LogP contribution in [0.1, 0.15) is 5.56 Å². The highest BCUT2D eigenvalue weighted by Gasteiger charge is 2.06. The van der Waals surface area contributed by atoms with Crippen molar-refractivity contribution in [2.45, 2.75) is 6.42 Å². The average molecular weight is 193 g/mol. The molecule has 0 aliphatic heterocycles. The zero-order valence-electron chi connectivity index (χ0n) is 6.73. The van der Waals surface area contributed by atoms with Crippen molar-refractivity contribution in [3.05, 3.63) is 29.4 Å². The average Bonchev–Trinajstić information content (AvgIpc) is 2.48. The third-order valence-corrected chi connectivity index (χ3v) is 2.78. The molecule has 0 unspecified atom stereocenters. The van der Waals surface area contributed by atoms with Gasteiger partial charge < -0.3 is 5.11 Å². The number of carboxylic acid groups (broad SMARTS) is 1. The second-order valence-electron chi connectivity index (χ2n) is 2.70. The zero-order valence-corrected chi connectivity index (χ0v) is 7.54. The second-order valence-corrected chi connectivity index (χ2v) is 3.61. The van der Waals surface area contributed by atoms with E-state index in [9.17, 15) is 4.79 Å². The van der Waals surface area contributed by atoms with Crippen molar-refractivity contribution in [2.24, 2.45) is 0 Å². The Morgan fingerprint density at radius 3 is 3.23 bits per heavy atom. The quantitative estimate of drug-likeness (QED) is 0.792. The first-order chi connectivity index (χ1) is 6.27. The number of fused-ring (bicyclic) bond motifs is 1. The van der Waals surface area contributed by atoms with E-state index in [1.54, 1.807) is 12.4 Å². The Morgan fingerprint density at radius 2 is 2.46 bits per heavy atom. The van der Waals surface area contributed by atoms with Gasteiger partial charge in [0.2, 0.25) is 0 Å². The van der Waals surface area contributed by atoms with Crippen LogP contribution in [0, 0.1) is 0 Å². The number of hydrogen-bond donors (Lipinski definition) is 1. The Morgan fingerprint density at radius 1 is 1.62 bits per heavy atom. The summed E-state index contributed by atoms with van der Waals surface area (Å²) in [5.74, 6) is -0.795. The molecule has 3 nitrogen and oxygen atoms in total. The third-order valence-electron chi connectivity index (χ3n) is 1.80. The van der Waals surface area contributed by atoms with Gasteiger partial charge in [-0.15, -0.1) is 11.3 Å². The maximum atomic E-state index is 10.5. The zero-order chi connectivity index (χ0) is 9.26. The lowest BCUT2D eigenvalue weighted by atomic mass is 10.1. The Balaban J connectivity index is 2.51. The van der Waals surface area contributed by atoms with Gasteiger partial charge in [0.25, 0.3) is 0 Å². The van der Waals surface area contributed by atoms with Crippen LogP contribution in [0.2, 0.25) is 0 Å². The van der Waals surface area contributed by atoms with Crippen molar-refractivity contribution in [2.75, 3.05) is 0 Å². The van der Waals surface area contributed by atoms with E-state index in [1.165, 1.54) is 11.3 Å². The molecule has 0 saturated carbocycles. The van der Waals surface area contributed by atoms with Crippen molar-refractivity contribution in [1.82, 2.24) is 4.98 Å². The third kappa shape index (κ3) is 1.53. The summed E-state index contributed by atoms with van der Waals surface area (Å²) in [6, 6.07) is 1.85. The fourth-order valence-corrected chi connectivity index (χ4v) is 2.16. The molecule has 0 spiro atoms. The molecule has 0 aromatic carbocycles. The van der Waals surface area contributed by atoms with Crippen LogP contribution < -0.4 is 0 Å². The minimum atomic E-state index is -0.795. The minimum absolute atomic E-state index is 0.0873. The Bertz CT molecular complexity index is 450. The molecule has 4 heteroatoms. The summed E-state index contributed by atoms with van der Waals surface area (Å²) >= 11 is 1.53. The summed E-state index contributed by atoms with van der Waals surface area (Å²) in [6.07, 6.45) is 3.52. The van der Waals surface area contributed by atoms with Gasteiger partial charge in [0.05, 0.1) is 11.1 Å². The van der Waals surface area contributed by atoms with Gasteiger partial charge in [-0.2, -0.15) is 0 Å². The SMILES string of the molecule is O=C(O)Cc1csc2cnccc12. The number of aromatic nitrogens is 1. The number of carboxylic acids is 1. The van der Waals surface area contributed by atoms with Gasteiger partial charge in [0.1, 0.15) is 0 Å². The molecule has 0 bridgehead atoms. The predicted molar refractivity (Wildman–Crippen MR) is 51.0 cm³/mol. The van der Waals surface area contributed by atoms with Crippen LogP contribution in [0.4, 0.5) is 0 Å². The molecule has 0 saturated heterocycles. The molecule has 0 amide bonds. The smallest absolute Gasteiger partial charge is 0.307 e. The Hall–Kier alpha value is -1.42. The van der Waals surface area contributed by atoms with Crippen LogP contribution in [0.5, 0.6) is 0 Å². The lowest BCUT2D eigenvalue weighted by Gasteiger charge is -1.92. The summed E-state index contributed by atoms with van der Waals surface area (Å²) < 4.78 is 1.04. The first-order valence-corrected chi connectivity index (χ1v) is 4.67. The van der Waals surface area contributed by atoms with Gasteiger partial charge in [-0.3, -0.25) is 9.78 Å². The largest absolute Gasteiger partial charge is 0.481 e. The van der Waals surface area contributed by atoms with E-state index in [1.807, 2.05) is 11.4 Å². The molecule has 0 fully saturated rings. The van der Waals surface area contributed by atoms with E-state index in [-0.39, 0.29) is 6.42 Å². The topological polar surface area (TPSA) is 50.2 Å². The predicted octanol–water partition coefficient (Wildman–Crippen LogP) is 1.92. The van der Waals surface area contributed by atoms with E-state index in [4.69, 9.17) is 5.11 Å². The highest BCUT2D eigenvalue weighted by molar-refractivity contribution is 7.17. The summed E-state index contributed by atoms with van der Waals surface area (Å²) in [4.78, 5) is 14.5. The molecule has 2 aromatic heterocycles. The van der Waals surface area contributed by atoms with Crippen molar-refractivity contribution < 1.29 is 9.90 Å². The number of carbonyl (C=O) groups is 1. The van der Waals surface area contributed by atoms with Gasteiger partial charge in [-0.1, -0.05) is 0 Å². The van der Waals surface area contributed by atoms with Crippen molar-refractivity contribution in [3.63, 3.8) is 0 Å². The van der Waals surface area contributed by atoms with Gasteiger partial charge in [0, 0.05) is 12.4 Å². The van der Waals surface area contributed by atoms with E-state index in [2.05, 4.69) is 4.98 Å². The molecule has 13 heavy (non-hydrogen) atoms. The van der Waals surface area contributed by atoms with E-state index in [0.29, 0.717) is 0 Å². The van der Waals surface area contributed by atoms with Gasteiger partial charge in [-0.05, 0) is 22.4 Å². The molecule has 0 atom stereocenters. The highest BCUT2D eigenvalue weighted by Crippen LogP contribution is 2.24. The monoisotopic (exact) mass is 193 g/mol. The van der Waals surface area contributed by atoms with Crippen LogP contribution in [0.25, 0.3) is 10.1 Å². The fraction of sp³-hybridized carbons (Fsp3) is 0.111. The maximum absolute atomic E-state index is 10.5. The van der Waals surface area contributed by atoms with Crippen molar-refractivity contribution in [1.29, 1.82) is 0 Å². The minimum Gasteiger partial charge on any atom is -0.481 e. The number of rotatable bonds is 2. The van der Waals surface area contributed by atoms with Crippen LogP contribution in [0.15, 0.2) is 23.8 Å². The van der Waals surface area contributed by atoms with Gasteiger partial charge in [0.15, 0.2) is 0 Å². The normalized spacial score (nSPS) is 10.5. The van der Waals surface area contributed by atoms with E-state index < -0.39 is 5.97 Å².